The first-order valence-electron chi connectivity index (χ1n) is 7.14. The number of nitrogens with zero attached hydrogens (tertiary/aromatic N) is 1. The van der Waals surface area contributed by atoms with Crippen LogP contribution in [0.2, 0.25) is 5.02 Å². The molecule has 23 heavy (non-hydrogen) atoms. The van der Waals surface area contributed by atoms with Gasteiger partial charge in [0, 0.05) is 16.9 Å². The third-order valence-corrected chi connectivity index (χ3v) is 3.74. The molecule has 116 valence electrons. The van der Waals surface area contributed by atoms with Gasteiger partial charge in [0.15, 0.2) is 0 Å². The molecule has 4 nitrogen and oxygen atoms in total. The number of rotatable bonds is 3. The molecule has 3 aromatic rings. The van der Waals surface area contributed by atoms with Crippen LogP contribution in [0.25, 0.3) is 18.5 Å². The van der Waals surface area contributed by atoms with E-state index in [9.17, 15) is 4.79 Å². The Hall–Kier alpha value is -2.72. The second kappa shape index (κ2) is 6.18. The molecule has 0 bridgehead atoms. The fourth-order valence-electron chi connectivity index (χ4n) is 2.31. The molecule has 0 radical (unpaired) electrons. The highest BCUT2D eigenvalue weighted by Gasteiger charge is 2.04. The van der Waals surface area contributed by atoms with Gasteiger partial charge in [-0.25, -0.2) is 4.68 Å². The predicted molar refractivity (Wildman–Crippen MR) is 95.4 cm³/mol. The topological polar surface area (TPSA) is 49.8 Å². The zero-order chi connectivity index (χ0) is 16.4. The number of hydrogen-bond donors (Lipinski definition) is 2. The maximum Gasteiger partial charge on any atom is 0.280 e. The van der Waals surface area contributed by atoms with E-state index in [4.69, 9.17) is 11.6 Å². The molecule has 0 unspecified atom stereocenters. The second-order valence-corrected chi connectivity index (χ2v) is 5.72. The second-order valence-electron chi connectivity index (χ2n) is 5.28. The summed E-state index contributed by atoms with van der Waals surface area (Å²) in [5.74, 6) is 0. The monoisotopic (exact) mass is 325 g/mol. The normalized spacial score (nSPS) is 11.7. The molecule has 0 fully saturated rings. The third-order valence-electron chi connectivity index (χ3n) is 3.49. The molecular formula is C18H16ClN3O. The van der Waals surface area contributed by atoms with E-state index in [1.807, 2.05) is 31.2 Å². The van der Waals surface area contributed by atoms with E-state index in [2.05, 4.69) is 17.0 Å². The summed E-state index contributed by atoms with van der Waals surface area (Å²) in [6, 6.07) is 14.9. The quantitative estimate of drug-likeness (QED) is 0.777. The number of aryl methyl sites for hydroxylation is 1. The van der Waals surface area contributed by atoms with Crippen LogP contribution in [0, 0.1) is 6.92 Å². The number of aromatic amines is 1. The zero-order valence-electron chi connectivity index (χ0n) is 12.6. The maximum atomic E-state index is 12.6. The number of aromatic nitrogens is 2. The molecule has 0 saturated carbocycles. The lowest BCUT2D eigenvalue weighted by molar-refractivity contribution is 0.838. The molecule has 5 heteroatoms. The summed E-state index contributed by atoms with van der Waals surface area (Å²) in [5.41, 5.74) is 2.60. The lowest BCUT2D eigenvalue weighted by Crippen LogP contribution is -2.34. The first kappa shape index (κ1) is 15.2. The Morgan fingerprint density at radius 3 is 2.65 bits per heavy atom. The van der Waals surface area contributed by atoms with Gasteiger partial charge in [0.25, 0.3) is 5.56 Å². The summed E-state index contributed by atoms with van der Waals surface area (Å²) >= 11 is 5.88. The van der Waals surface area contributed by atoms with Gasteiger partial charge in [-0.1, -0.05) is 30.3 Å². The minimum atomic E-state index is -0.169. The molecule has 0 atom stereocenters. The molecule has 0 amide bonds. The molecule has 0 aliphatic heterocycles. The standard InChI is InChI=1S/C18H16ClN3O/c1-12-4-3-5-15(10-12)20-11-17-13(2)21-22(18(17)23)16-8-6-14(19)7-9-16/h3-11,20-21H,2H2,1H3. The average Bonchev–Trinajstić information content (AvgIpc) is 2.81. The van der Waals surface area contributed by atoms with Crippen LogP contribution in [0.5, 0.6) is 0 Å². The van der Waals surface area contributed by atoms with Crippen LogP contribution >= 0.6 is 11.6 Å². The molecule has 0 spiro atoms. The number of hydrogen-bond acceptors (Lipinski definition) is 2. The van der Waals surface area contributed by atoms with Crippen molar-refractivity contribution in [3.63, 3.8) is 0 Å². The van der Waals surface area contributed by atoms with E-state index >= 15 is 0 Å². The Morgan fingerprint density at radius 1 is 1.22 bits per heavy atom. The number of H-pyrrole nitrogens is 1. The summed E-state index contributed by atoms with van der Waals surface area (Å²) in [5, 5.41) is 7.77. The Bertz CT molecular complexity index is 1000. The highest BCUT2D eigenvalue weighted by atomic mass is 35.5. The highest BCUT2D eigenvalue weighted by Crippen LogP contribution is 2.11. The van der Waals surface area contributed by atoms with Gasteiger partial charge in [-0.3, -0.25) is 9.89 Å². The van der Waals surface area contributed by atoms with Gasteiger partial charge in [0.2, 0.25) is 0 Å². The summed E-state index contributed by atoms with van der Waals surface area (Å²) in [6.45, 7) is 5.92. The van der Waals surface area contributed by atoms with E-state index in [1.165, 1.54) is 4.68 Å². The van der Waals surface area contributed by atoms with Crippen LogP contribution in [-0.4, -0.2) is 9.78 Å². The van der Waals surface area contributed by atoms with E-state index in [0.717, 1.165) is 11.3 Å². The van der Waals surface area contributed by atoms with Crippen molar-refractivity contribution in [2.45, 2.75) is 6.92 Å². The molecule has 1 heterocycles. The van der Waals surface area contributed by atoms with E-state index in [-0.39, 0.29) is 5.56 Å². The minimum absolute atomic E-state index is 0.169. The van der Waals surface area contributed by atoms with Crippen LogP contribution < -0.4 is 21.4 Å². The van der Waals surface area contributed by atoms with Crippen LogP contribution in [-0.2, 0) is 0 Å². The van der Waals surface area contributed by atoms with Gasteiger partial charge < -0.3 is 5.32 Å². The third kappa shape index (κ3) is 3.22. The van der Waals surface area contributed by atoms with Gasteiger partial charge in [-0.2, -0.15) is 0 Å². The Morgan fingerprint density at radius 2 is 1.96 bits per heavy atom. The van der Waals surface area contributed by atoms with Crippen molar-refractivity contribution in [2.75, 3.05) is 5.32 Å². The van der Waals surface area contributed by atoms with Crippen LogP contribution in [0.3, 0.4) is 0 Å². The van der Waals surface area contributed by atoms with Gasteiger partial charge >= 0.3 is 0 Å². The summed E-state index contributed by atoms with van der Waals surface area (Å²) in [7, 11) is 0. The molecule has 2 aromatic carbocycles. The van der Waals surface area contributed by atoms with Crippen LogP contribution in [0.4, 0.5) is 5.69 Å². The van der Waals surface area contributed by atoms with Gasteiger partial charge in [0.05, 0.1) is 16.3 Å². The average molecular weight is 326 g/mol. The lowest BCUT2D eigenvalue weighted by atomic mass is 10.2. The van der Waals surface area contributed by atoms with Gasteiger partial charge in [0.1, 0.15) is 0 Å². The van der Waals surface area contributed by atoms with Crippen molar-refractivity contribution in [2.24, 2.45) is 0 Å². The largest absolute Gasteiger partial charge is 0.361 e. The van der Waals surface area contributed by atoms with Crippen molar-refractivity contribution >= 4 is 30.1 Å². The molecule has 3 rings (SSSR count). The van der Waals surface area contributed by atoms with Crippen molar-refractivity contribution in [3.05, 3.63) is 80.0 Å². The van der Waals surface area contributed by atoms with E-state index in [0.29, 0.717) is 21.3 Å². The molecular weight excluding hydrogens is 310 g/mol. The number of benzene rings is 2. The minimum Gasteiger partial charge on any atom is -0.361 e. The molecule has 1 aromatic heterocycles. The van der Waals surface area contributed by atoms with E-state index < -0.39 is 0 Å². The van der Waals surface area contributed by atoms with Crippen molar-refractivity contribution in [1.29, 1.82) is 0 Å². The van der Waals surface area contributed by atoms with Crippen molar-refractivity contribution in [1.82, 2.24) is 9.78 Å². The molecule has 0 aliphatic rings. The molecule has 2 N–H and O–H groups in total. The number of anilines is 1. The Kier molecular flexibility index (Phi) is 4.08. The van der Waals surface area contributed by atoms with E-state index in [1.54, 1.807) is 30.5 Å². The van der Waals surface area contributed by atoms with Crippen molar-refractivity contribution in [3.8, 4) is 5.69 Å². The highest BCUT2D eigenvalue weighted by molar-refractivity contribution is 6.30. The Labute approximate surface area is 138 Å². The van der Waals surface area contributed by atoms with Crippen LogP contribution in [0.15, 0.2) is 53.3 Å². The van der Waals surface area contributed by atoms with Gasteiger partial charge in [-0.05, 0) is 48.9 Å². The smallest absolute Gasteiger partial charge is 0.280 e. The number of nitrogens with one attached hydrogen (secondary N) is 2. The zero-order valence-corrected chi connectivity index (χ0v) is 13.4. The first-order chi connectivity index (χ1) is 11.0. The lowest BCUT2D eigenvalue weighted by Gasteiger charge is -2.01. The molecule has 0 aliphatic carbocycles. The fraction of sp³-hybridized carbons (Fsp3) is 0.0556. The maximum absolute atomic E-state index is 12.6. The summed E-state index contributed by atoms with van der Waals surface area (Å²) < 4.78 is 1.45. The SMILES string of the molecule is C=c1[nH]n(-c2ccc(Cl)cc2)c(=O)c1=CNc1cccc(C)c1. The first-order valence-corrected chi connectivity index (χ1v) is 7.52. The summed E-state index contributed by atoms with van der Waals surface area (Å²) in [4.78, 5) is 12.6. The van der Waals surface area contributed by atoms with Crippen LogP contribution in [0.1, 0.15) is 5.56 Å². The predicted octanol–water partition coefficient (Wildman–Crippen LogP) is 2.39. The summed E-state index contributed by atoms with van der Waals surface area (Å²) in [6.07, 6.45) is 1.67. The van der Waals surface area contributed by atoms with Gasteiger partial charge in [-0.15, -0.1) is 0 Å². The number of halogens is 1. The fourth-order valence-corrected chi connectivity index (χ4v) is 2.43. The Balaban J connectivity index is 2.01. The molecule has 0 saturated heterocycles. The van der Waals surface area contributed by atoms with Crippen molar-refractivity contribution < 1.29 is 0 Å².